The molecule has 0 fully saturated rings. The molecule has 0 saturated heterocycles. The van der Waals surface area contributed by atoms with Crippen molar-refractivity contribution in [2.24, 2.45) is 5.10 Å². The lowest BCUT2D eigenvalue weighted by Gasteiger charge is -2.13. The van der Waals surface area contributed by atoms with E-state index in [2.05, 4.69) is 26.5 Å². The number of nitrogens with zero attached hydrogens (tertiary/aromatic N) is 1. The number of amides is 1. The molecule has 0 aromatic heterocycles. The minimum atomic E-state index is -0.265. The highest BCUT2D eigenvalue weighted by atomic mass is 79.9. The number of methoxy groups -OCH3 is 1. The molecule has 0 aliphatic rings. The van der Waals surface area contributed by atoms with E-state index in [1.54, 1.807) is 25.5 Å². The number of aryl methyl sites for hydroxylation is 1. The first-order valence-electron chi connectivity index (χ1n) is 9.11. The van der Waals surface area contributed by atoms with Gasteiger partial charge in [-0.15, -0.1) is 0 Å². The molecule has 1 amide bonds. The quantitative estimate of drug-likeness (QED) is 0.340. The summed E-state index contributed by atoms with van der Waals surface area (Å²) in [5, 5.41) is 4.73. The van der Waals surface area contributed by atoms with Crippen molar-refractivity contribution in [2.45, 2.75) is 13.5 Å². The number of hydrogen-bond donors (Lipinski definition) is 1. The van der Waals surface area contributed by atoms with E-state index in [1.807, 2.05) is 55.5 Å². The third-order valence-electron chi connectivity index (χ3n) is 4.32. The SMILES string of the molecule is COc1cc(C=NNC(=O)c2ccccc2C)cc(Br)c1OCc1ccc(Cl)cc1. The number of rotatable bonds is 7. The van der Waals surface area contributed by atoms with Crippen LogP contribution in [0, 0.1) is 6.92 Å². The molecule has 0 bridgehead atoms. The van der Waals surface area contributed by atoms with Gasteiger partial charge in [-0.3, -0.25) is 4.79 Å². The van der Waals surface area contributed by atoms with Gasteiger partial charge in [0.15, 0.2) is 11.5 Å². The van der Waals surface area contributed by atoms with Gasteiger partial charge in [-0.2, -0.15) is 5.10 Å². The van der Waals surface area contributed by atoms with Gasteiger partial charge in [0.1, 0.15) is 6.61 Å². The van der Waals surface area contributed by atoms with Crippen LogP contribution in [0.25, 0.3) is 0 Å². The normalized spacial score (nSPS) is 10.8. The zero-order valence-electron chi connectivity index (χ0n) is 16.5. The maximum Gasteiger partial charge on any atom is 0.271 e. The topological polar surface area (TPSA) is 59.9 Å². The van der Waals surface area contributed by atoms with Gasteiger partial charge in [0, 0.05) is 10.6 Å². The molecule has 0 atom stereocenters. The van der Waals surface area contributed by atoms with Crippen molar-refractivity contribution in [3.8, 4) is 11.5 Å². The second kappa shape index (κ2) is 10.3. The van der Waals surface area contributed by atoms with Gasteiger partial charge in [0.25, 0.3) is 5.91 Å². The molecule has 30 heavy (non-hydrogen) atoms. The number of hydrogen-bond acceptors (Lipinski definition) is 4. The minimum Gasteiger partial charge on any atom is -0.493 e. The number of carbonyl (C=O) groups excluding carboxylic acids is 1. The largest absolute Gasteiger partial charge is 0.493 e. The molecule has 0 saturated carbocycles. The summed E-state index contributed by atoms with van der Waals surface area (Å²) in [6.45, 7) is 2.25. The van der Waals surface area contributed by atoms with Crippen molar-refractivity contribution >= 4 is 39.7 Å². The van der Waals surface area contributed by atoms with Gasteiger partial charge in [-0.25, -0.2) is 5.43 Å². The maximum absolute atomic E-state index is 12.3. The van der Waals surface area contributed by atoms with E-state index in [1.165, 1.54) is 0 Å². The van der Waals surface area contributed by atoms with Gasteiger partial charge in [-0.05, 0) is 69.9 Å². The molecule has 0 aliphatic carbocycles. The number of benzene rings is 3. The van der Waals surface area contributed by atoms with E-state index in [-0.39, 0.29) is 5.91 Å². The van der Waals surface area contributed by atoms with Crippen LogP contribution in [0.1, 0.15) is 27.0 Å². The van der Waals surface area contributed by atoms with Crippen LogP contribution < -0.4 is 14.9 Å². The van der Waals surface area contributed by atoms with E-state index in [4.69, 9.17) is 21.1 Å². The average Bonchev–Trinajstić information content (AvgIpc) is 2.74. The second-order valence-corrected chi connectivity index (χ2v) is 7.75. The number of hydrazone groups is 1. The van der Waals surface area contributed by atoms with Crippen LogP contribution in [0.5, 0.6) is 11.5 Å². The molecule has 0 spiro atoms. The Bertz CT molecular complexity index is 1070. The molecule has 0 unspecified atom stereocenters. The molecule has 154 valence electrons. The lowest BCUT2D eigenvalue weighted by Crippen LogP contribution is -2.18. The third kappa shape index (κ3) is 5.62. The molecular formula is C23H20BrClN2O3. The fourth-order valence-electron chi connectivity index (χ4n) is 2.74. The van der Waals surface area contributed by atoms with Crippen LogP contribution in [0.3, 0.4) is 0 Å². The third-order valence-corrected chi connectivity index (χ3v) is 5.16. The van der Waals surface area contributed by atoms with Gasteiger partial charge in [-0.1, -0.05) is 41.9 Å². The Morgan fingerprint density at radius 1 is 1.17 bits per heavy atom. The average molecular weight is 488 g/mol. The molecule has 5 nitrogen and oxygen atoms in total. The molecule has 0 heterocycles. The predicted octanol–water partition coefficient (Wildman–Crippen LogP) is 5.76. The van der Waals surface area contributed by atoms with E-state index in [9.17, 15) is 4.79 Å². The van der Waals surface area contributed by atoms with Crippen LogP contribution in [-0.2, 0) is 6.61 Å². The van der Waals surface area contributed by atoms with Gasteiger partial charge >= 0.3 is 0 Å². The zero-order valence-corrected chi connectivity index (χ0v) is 18.8. The van der Waals surface area contributed by atoms with Crippen molar-refractivity contribution in [2.75, 3.05) is 7.11 Å². The summed E-state index contributed by atoms with van der Waals surface area (Å²) < 4.78 is 12.1. The number of carbonyl (C=O) groups is 1. The van der Waals surface area contributed by atoms with Gasteiger partial charge in [0.2, 0.25) is 0 Å². The van der Waals surface area contributed by atoms with Crippen LogP contribution in [-0.4, -0.2) is 19.2 Å². The van der Waals surface area contributed by atoms with Gasteiger partial charge < -0.3 is 9.47 Å². The summed E-state index contributed by atoms with van der Waals surface area (Å²) >= 11 is 9.43. The van der Waals surface area contributed by atoms with E-state index in [0.29, 0.717) is 33.2 Å². The number of ether oxygens (including phenoxy) is 2. The molecule has 1 N–H and O–H groups in total. The maximum atomic E-state index is 12.3. The lowest BCUT2D eigenvalue weighted by molar-refractivity contribution is 0.0954. The molecule has 3 rings (SSSR count). The van der Waals surface area contributed by atoms with Crippen molar-refractivity contribution in [1.29, 1.82) is 0 Å². The highest BCUT2D eigenvalue weighted by Crippen LogP contribution is 2.36. The Morgan fingerprint density at radius 3 is 2.60 bits per heavy atom. The zero-order chi connectivity index (χ0) is 21.5. The monoisotopic (exact) mass is 486 g/mol. The van der Waals surface area contributed by atoms with Gasteiger partial charge in [0.05, 0.1) is 17.8 Å². The Kier molecular flexibility index (Phi) is 7.49. The fourth-order valence-corrected chi connectivity index (χ4v) is 3.44. The van der Waals surface area contributed by atoms with E-state index in [0.717, 1.165) is 16.7 Å². The highest BCUT2D eigenvalue weighted by molar-refractivity contribution is 9.10. The Labute approximate surface area is 188 Å². The second-order valence-electron chi connectivity index (χ2n) is 6.46. The Hall–Kier alpha value is -2.83. The summed E-state index contributed by atoms with van der Waals surface area (Å²) in [6.07, 6.45) is 1.55. The fraction of sp³-hybridized carbons (Fsp3) is 0.130. The number of nitrogens with one attached hydrogen (secondary N) is 1. The first-order chi connectivity index (χ1) is 14.5. The molecule has 3 aromatic carbocycles. The standard InChI is InChI=1S/C23H20BrClN2O3/c1-15-5-3-4-6-19(15)23(28)27-26-13-17-11-20(24)22(21(12-17)29-2)30-14-16-7-9-18(25)10-8-16/h3-13H,14H2,1-2H3,(H,27,28). The van der Waals surface area contributed by atoms with Crippen LogP contribution in [0.2, 0.25) is 5.02 Å². The van der Waals surface area contributed by atoms with Crippen molar-refractivity contribution in [1.82, 2.24) is 5.43 Å². The number of halogens is 2. The molecular weight excluding hydrogens is 468 g/mol. The van der Waals surface area contributed by atoms with Crippen molar-refractivity contribution < 1.29 is 14.3 Å². The Balaban J connectivity index is 1.70. The molecule has 7 heteroatoms. The van der Waals surface area contributed by atoms with E-state index < -0.39 is 0 Å². The first-order valence-corrected chi connectivity index (χ1v) is 10.3. The first kappa shape index (κ1) is 21.9. The summed E-state index contributed by atoms with van der Waals surface area (Å²) in [4.78, 5) is 12.3. The molecule has 3 aromatic rings. The van der Waals surface area contributed by atoms with Crippen LogP contribution in [0.15, 0.2) is 70.2 Å². The van der Waals surface area contributed by atoms with Crippen LogP contribution in [0.4, 0.5) is 0 Å². The summed E-state index contributed by atoms with van der Waals surface area (Å²) in [5.41, 5.74) is 5.73. The Morgan fingerprint density at radius 2 is 1.90 bits per heavy atom. The summed E-state index contributed by atoms with van der Waals surface area (Å²) in [5.74, 6) is 0.858. The van der Waals surface area contributed by atoms with Crippen molar-refractivity contribution in [3.63, 3.8) is 0 Å². The predicted molar refractivity (Wildman–Crippen MR) is 123 cm³/mol. The highest BCUT2D eigenvalue weighted by Gasteiger charge is 2.12. The summed E-state index contributed by atoms with van der Waals surface area (Å²) in [6, 6.07) is 18.4. The smallest absolute Gasteiger partial charge is 0.271 e. The van der Waals surface area contributed by atoms with Crippen LogP contribution >= 0.6 is 27.5 Å². The molecule has 0 radical (unpaired) electrons. The van der Waals surface area contributed by atoms with Crippen molar-refractivity contribution in [3.05, 3.63) is 92.4 Å². The summed E-state index contributed by atoms with van der Waals surface area (Å²) in [7, 11) is 1.57. The minimum absolute atomic E-state index is 0.265. The van der Waals surface area contributed by atoms with E-state index >= 15 is 0 Å². The molecule has 0 aliphatic heterocycles. The lowest BCUT2D eigenvalue weighted by atomic mass is 10.1.